The van der Waals surface area contributed by atoms with Gasteiger partial charge >= 0.3 is 5.97 Å². The minimum atomic E-state index is -0.747. The van der Waals surface area contributed by atoms with E-state index in [9.17, 15) is 9.90 Å². The number of rotatable bonds is 4. The number of benzene rings is 1. The molecule has 2 aliphatic rings. The number of nitrogens with zero attached hydrogens (tertiary/aromatic N) is 1. The topological polar surface area (TPSA) is 49.8 Å². The maximum Gasteiger partial charge on any atom is 0.310 e. The van der Waals surface area contributed by atoms with Crippen molar-refractivity contribution in [1.82, 2.24) is 4.90 Å². The first-order valence-electron chi connectivity index (χ1n) is 7.47. The van der Waals surface area contributed by atoms with Crippen molar-refractivity contribution in [3.63, 3.8) is 0 Å². The second-order valence-corrected chi connectivity index (χ2v) is 6.60. The van der Waals surface area contributed by atoms with E-state index in [4.69, 9.17) is 4.74 Å². The standard InChI is InChI=1S/C16H20BrNO3/c1-2-18(15-9-21-8-12(15)16(19)20)14-7-6-10-11(14)4-3-5-13(10)17/h3-5,12,14-15H,2,6-9H2,1H3,(H,19,20). The summed E-state index contributed by atoms with van der Waals surface area (Å²) < 4.78 is 6.62. The first kappa shape index (κ1) is 15.0. The van der Waals surface area contributed by atoms with Crippen molar-refractivity contribution >= 4 is 21.9 Å². The Bertz CT molecular complexity index is 548. The summed E-state index contributed by atoms with van der Waals surface area (Å²) in [6, 6.07) is 6.59. The number of fused-ring (bicyclic) bond motifs is 1. The van der Waals surface area contributed by atoms with E-state index in [1.807, 2.05) is 0 Å². The maximum absolute atomic E-state index is 11.4. The molecule has 1 saturated heterocycles. The minimum Gasteiger partial charge on any atom is -0.481 e. The first-order chi connectivity index (χ1) is 10.1. The van der Waals surface area contributed by atoms with Gasteiger partial charge in [-0.1, -0.05) is 35.0 Å². The molecule has 1 N–H and O–H groups in total. The quantitative estimate of drug-likeness (QED) is 0.904. The smallest absolute Gasteiger partial charge is 0.310 e. The second kappa shape index (κ2) is 6.07. The van der Waals surface area contributed by atoms with Gasteiger partial charge in [0.1, 0.15) is 0 Å². The van der Waals surface area contributed by atoms with E-state index in [1.54, 1.807) is 0 Å². The van der Waals surface area contributed by atoms with Gasteiger partial charge in [-0.05, 0) is 36.6 Å². The zero-order valence-electron chi connectivity index (χ0n) is 12.1. The molecule has 1 aromatic carbocycles. The Hall–Kier alpha value is -0.910. The molecule has 1 heterocycles. The van der Waals surface area contributed by atoms with Crippen LogP contribution < -0.4 is 0 Å². The fourth-order valence-electron chi connectivity index (χ4n) is 3.72. The van der Waals surface area contributed by atoms with E-state index < -0.39 is 11.9 Å². The molecule has 0 radical (unpaired) electrons. The summed E-state index contributed by atoms with van der Waals surface area (Å²) in [7, 11) is 0. The average Bonchev–Trinajstić information content (AvgIpc) is 3.08. The van der Waals surface area contributed by atoms with Crippen LogP contribution in [0, 0.1) is 5.92 Å². The second-order valence-electron chi connectivity index (χ2n) is 5.74. The third-order valence-corrected chi connectivity index (χ3v) is 5.48. The molecule has 3 unspecified atom stereocenters. The van der Waals surface area contributed by atoms with Gasteiger partial charge in [-0.15, -0.1) is 0 Å². The maximum atomic E-state index is 11.4. The summed E-state index contributed by atoms with van der Waals surface area (Å²) in [5.41, 5.74) is 2.70. The molecule has 0 saturated carbocycles. The minimum absolute atomic E-state index is 0.0255. The molecule has 0 aromatic heterocycles. The van der Waals surface area contributed by atoms with Crippen molar-refractivity contribution in [2.24, 2.45) is 5.92 Å². The molecule has 1 aliphatic carbocycles. The van der Waals surface area contributed by atoms with Gasteiger partial charge in [0.25, 0.3) is 0 Å². The lowest BCUT2D eigenvalue weighted by atomic mass is 9.98. The van der Waals surface area contributed by atoms with Gasteiger partial charge in [0, 0.05) is 16.6 Å². The van der Waals surface area contributed by atoms with E-state index in [1.165, 1.54) is 11.1 Å². The highest BCUT2D eigenvalue weighted by molar-refractivity contribution is 9.10. The molecule has 21 heavy (non-hydrogen) atoms. The van der Waals surface area contributed by atoms with Gasteiger partial charge in [-0.2, -0.15) is 0 Å². The molecule has 0 bridgehead atoms. The Morgan fingerprint density at radius 3 is 3.00 bits per heavy atom. The van der Waals surface area contributed by atoms with Crippen LogP contribution in [0.4, 0.5) is 0 Å². The Labute approximate surface area is 133 Å². The molecular weight excluding hydrogens is 334 g/mol. The molecule has 0 spiro atoms. The number of carboxylic acids is 1. The van der Waals surface area contributed by atoms with Crippen LogP contribution in [0.25, 0.3) is 0 Å². The van der Waals surface area contributed by atoms with Crippen LogP contribution in [0.3, 0.4) is 0 Å². The molecule has 1 aliphatic heterocycles. The predicted molar refractivity (Wildman–Crippen MR) is 83.3 cm³/mol. The Balaban J connectivity index is 1.89. The highest BCUT2D eigenvalue weighted by Crippen LogP contribution is 2.41. The van der Waals surface area contributed by atoms with Crippen molar-refractivity contribution in [3.8, 4) is 0 Å². The van der Waals surface area contributed by atoms with Gasteiger partial charge in [-0.25, -0.2) is 0 Å². The van der Waals surface area contributed by atoms with Crippen LogP contribution >= 0.6 is 15.9 Å². The van der Waals surface area contributed by atoms with E-state index in [0.717, 1.165) is 23.9 Å². The van der Waals surface area contributed by atoms with E-state index in [-0.39, 0.29) is 6.04 Å². The number of hydrogen-bond donors (Lipinski definition) is 1. The first-order valence-corrected chi connectivity index (χ1v) is 8.26. The molecule has 3 atom stereocenters. The highest BCUT2D eigenvalue weighted by atomic mass is 79.9. The van der Waals surface area contributed by atoms with Gasteiger partial charge in [0.2, 0.25) is 0 Å². The number of hydrogen-bond acceptors (Lipinski definition) is 3. The highest BCUT2D eigenvalue weighted by Gasteiger charge is 2.41. The summed E-state index contributed by atoms with van der Waals surface area (Å²) in [6.07, 6.45) is 2.10. The van der Waals surface area contributed by atoms with E-state index >= 15 is 0 Å². The number of ether oxygens (including phenoxy) is 1. The van der Waals surface area contributed by atoms with Crippen LogP contribution in [0.15, 0.2) is 22.7 Å². The fraction of sp³-hybridized carbons (Fsp3) is 0.562. The summed E-state index contributed by atoms with van der Waals surface area (Å²) in [5, 5.41) is 9.40. The lowest BCUT2D eigenvalue weighted by molar-refractivity contribution is -0.143. The van der Waals surface area contributed by atoms with Crippen molar-refractivity contribution in [1.29, 1.82) is 0 Å². The Morgan fingerprint density at radius 1 is 1.48 bits per heavy atom. The van der Waals surface area contributed by atoms with Crippen molar-refractivity contribution in [3.05, 3.63) is 33.8 Å². The zero-order valence-corrected chi connectivity index (χ0v) is 13.7. The summed E-state index contributed by atoms with van der Waals surface area (Å²) >= 11 is 3.63. The van der Waals surface area contributed by atoms with Crippen LogP contribution in [-0.2, 0) is 16.0 Å². The molecule has 0 amide bonds. The number of carbonyl (C=O) groups is 1. The number of halogens is 1. The molecule has 4 nitrogen and oxygen atoms in total. The number of aliphatic carboxylic acids is 1. The lowest BCUT2D eigenvalue weighted by Gasteiger charge is -2.35. The van der Waals surface area contributed by atoms with Crippen molar-refractivity contribution in [2.45, 2.75) is 31.8 Å². The van der Waals surface area contributed by atoms with E-state index in [2.05, 4.69) is 46.0 Å². The van der Waals surface area contributed by atoms with Gasteiger partial charge in [0.15, 0.2) is 0 Å². The normalized spacial score (nSPS) is 28.0. The van der Waals surface area contributed by atoms with Crippen molar-refractivity contribution < 1.29 is 14.6 Å². The van der Waals surface area contributed by atoms with Crippen LogP contribution in [-0.4, -0.2) is 41.8 Å². The number of carboxylic acid groups (broad SMARTS) is 1. The Kier molecular flexibility index (Phi) is 4.33. The molecule has 114 valence electrons. The van der Waals surface area contributed by atoms with Crippen LogP contribution in [0.1, 0.15) is 30.5 Å². The molecular formula is C16H20BrNO3. The molecule has 3 rings (SSSR count). The summed E-state index contributed by atoms with van der Waals surface area (Å²) in [6.45, 7) is 3.79. The molecule has 1 aromatic rings. The zero-order chi connectivity index (χ0) is 15.0. The van der Waals surface area contributed by atoms with Crippen LogP contribution in [0.5, 0.6) is 0 Å². The van der Waals surface area contributed by atoms with Crippen molar-refractivity contribution in [2.75, 3.05) is 19.8 Å². The average molecular weight is 354 g/mol. The Morgan fingerprint density at radius 2 is 2.29 bits per heavy atom. The van der Waals surface area contributed by atoms with Crippen LogP contribution in [0.2, 0.25) is 0 Å². The SMILES string of the molecule is CCN(C1CCc2c(Br)cccc21)C1COCC1C(=O)O. The fourth-order valence-corrected chi connectivity index (χ4v) is 4.30. The van der Waals surface area contributed by atoms with E-state index in [0.29, 0.717) is 19.3 Å². The van der Waals surface area contributed by atoms with Gasteiger partial charge in [0.05, 0.1) is 19.1 Å². The summed E-state index contributed by atoms with van der Waals surface area (Å²) in [5.74, 6) is -1.16. The molecule has 1 fully saturated rings. The summed E-state index contributed by atoms with van der Waals surface area (Å²) in [4.78, 5) is 13.8. The largest absolute Gasteiger partial charge is 0.481 e. The molecule has 5 heteroatoms. The third-order valence-electron chi connectivity index (χ3n) is 4.74. The van der Waals surface area contributed by atoms with Gasteiger partial charge < -0.3 is 9.84 Å². The lowest BCUT2D eigenvalue weighted by Crippen LogP contribution is -2.44. The third kappa shape index (κ3) is 2.62. The predicted octanol–water partition coefficient (Wildman–Crippen LogP) is 2.86. The monoisotopic (exact) mass is 353 g/mol. The number of likely N-dealkylation sites (N-methyl/N-ethyl adjacent to an activating group) is 1. The van der Waals surface area contributed by atoms with Gasteiger partial charge in [-0.3, -0.25) is 9.69 Å².